The number of halogens is 6. The summed E-state index contributed by atoms with van der Waals surface area (Å²) in [6.45, 7) is 0. The quantitative estimate of drug-likeness (QED) is 0.860. The van der Waals surface area contributed by atoms with Crippen molar-refractivity contribution in [2.75, 3.05) is 0 Å². The van der Waals surface area contributed by atoms with Gasteiger partial charge in [-0.15, -0.1) is 0 Å². The molecule has 0 heterocycles. The van der Waals surface area contributed by atoms with Crippen LogP contribution in [0.5, 0.6) is 5.75 Å². The Bertz CT molecular complexity index is 472. The van der Waals surface area contributed by atoms with Crippen LogP contribution in [-0.2, 0) is 11.0 Å². The summed E-state index contributed by atoms with van der Waals surface area (Å²) in [5.41, 5.74) is -1.50. The highest BCUT2D eigenvalue weighted by Crippen LogP contribution is 2.39. The Kier molecular flexibility index (Phi) is 3.84. The van der Waals surface area contributed by atoms with Gasteiger partial charge in [0.2, 0.25) is 0 Å². The SMILES string of the molecule is O=C(O)C(F)(F)Oc1ccc(Br)cc1C(F)(F)F. The summed E-state index contributed by atoms with van der Waals surface area (Å²) in [5.74, 6) is -3.95. The van der Waals surface area contributed by atoms with Crippen molar-refractivity contribution in [3.8, 4) is 5.75 Å². The minimum absolute atomic E-state index is 0.0131. The number of rotatable bonds is 3. The Labute approximate surface area is 105 Å². The second kappa shape index (κ2) is 4.71. The summed E-state index contributed by atoms with van der Waals surface area (Å²) < 4.78 is 66.5. The van der Waals surface area contributed by atoms with Crippen molar-refractivity contribution in [1.29, 1.82) is 0 Å². The smallest absolute Gasteiger partial charge is 0.474 e. The predicted molar refractivity (Wildman–Crippen MR) is 52.4 cm³/mol. The average Bonchev–Trinajstić information content (AvgIpc) is 2.18. The van der Waals surface area contributed by atoms with Gasteiger partial charge in [-0.25, -0.2) is 4.79 Å². The molecule has 1 aromatic carbocycles. The standard InChI is InChI=1S/C9H4BrF5O3/c10-4-1-2-6(5(3-4)8(11,12)13)18-9(14,15)7(16)17/h1-3H,(H,16,17). The monoisotopic (exact) mass is 334 g/mol. The molecule has 0 radical (unpaired) electrons. The molecule has 0 saturated carbocycles. The molecule has 0 bridgehead atoms. The van der Waals surface area contributed by atoms with Gasteiger partial charge in [-0.1, -0.05) is 15.9 Å². The highest BCUT2D eigenvalue weighted by Gasteiger charge is 2.45. The lowest BCUT2D eigenvalue weighted by Gasteiger charge is -2.17. The lowest BCUT2D eigenvalue weighted by Crippen LogP contribution is -2.35. The van der Waals surface area contributed by atoms with E-state index in [0.29, 0.717) is 12.1 Å². The number of benzene rings is 1. The van der Waals surface area contributed by atoms with Crippen LogP contribution in [-0.4, -0.2) is 17.2 Å². The first kappa shape index (κ1) is 14.7. The second-order valence-corrected chi connectivity index (χ2v) is 3.98. The van der Waals surface area contributed by atoms with E-state index in [1.807, 2.05) is 0 Å². The molecule has 100 valence electrons. The van der Waals surface area contributed by atoms with Crippen LogP contribution < -0.4 is 4.74 Å². The molecular weight excluding hydrogens is 331 g/mol. The van der Waals surface area contributed by atoms with Crippen molar-refractivity contribution in [2.45, 2.75) is 12.3 Å². The van der Waals surface area contributed by atoms with Gasteiger partial charge in [-0.05, 0) is 18.2 Å². The predicted octanol–water partition coefficient (Wildman–Crippen LogP) is 3.52. The second-order valence-electron chi connectivity index (χ2n) is 3.06. The Hall–Kier alpha value is -1.38. The molecule has 1 aromatic rings. The molecule has 9 heteroatoms. The summed E-state index contributed by atoms with van der Waals surface area (Å²) in [6, 6.07) is 2.12. The van der Waals surface area contributed by atoms with Crippen LogP contribution in [0.15, 0.2) is 22.7 Å². The Balaban J connectivity index is 3.22. The summed E-state index contributed by atoms with van der Waals surface area (Å²) in [6.07, 6.45) is -9.69. The molecule has 3 nitrogen and oxygen atoms in total. The maximum absolute atomic E-state index is 12.7. The van der Waals surface area contributed by atoms with Gasteiger partial charge in [0.25, 0.3) is 0 Å². The highest BCUT2D eigenvalue weighted by molar-refractivity contribution is 9.10. The molecule has 0 aliphatic heterocycles. The van der Waals surface area contributed by atoms with E-state index >= 15 is 0 Å². The van der Waals surface area contributed by atoms with Gasteiger partial charge in [-0.3, -0.25) is 0 Å². The minimum Gasteiger partial charge on any atom is -0.474 e. The van der Waals surface area contributed by atoms with Crippen LogP contribution in [0.4, 0.5) is 22.0 Å². The molecule has 18 heavy (non-hydrogen) atoms. The highest BCUT2D eigenvalue weighted by atomic mass is 79.9. The van der Waals surface area contributed by atoms with Crippen molar-refractivity contribution in [2.24, 2.45) is 0 Å². The van der Waals surface area contributed by atoms with Crippen LogP contribution >= 0.6 is 15.9 Å². The van der Waals surface area contributed by atoms with E-state index in [1.165, 1.54) is 0 Å². The number of alkyl halides is 5. The van der Waals surface area contributed by atoms with Gasteiger partial charge in [0.1, 0.15) is 5.75 Å². The maximum atomic E-state index is 12.7. The van der Waals surface area contributed by atoms with E-state index in [4.69, 9.17) is 5.11 Å². The third kappa shape index (κ3) is 3.31. The van der Waals surface area contributed by atoms with Crippen LogP contribution in [0.1, 0.15) is 5.56 Å². The molecule has 0 fully saturated rings. The molecule has 0 aliphatic carbocycles. The number of ether oxygens (including phenoxy) is 1. The first-order chi connectivity index (χ1) is 8.04. The third-order valence-corrected chi connectivity index (χ3v) is 2.23. The molecule has 0 atom stereocenters. The molecule has 0 unspecified atom stereocenters. The zero-order valence-electron chi connectivity index (χ0n) is 8.26. The molecule has 0 aromatic heterocycles. The van der Waals surface area contributed by atoms with Crippen LogP contribution in [0.3, 0.4) is 0 Å². The fourth-order valence-corrected chi connectivity index (χ4v) is 1.36. The normalized spacial score (nSPS) is 12.3. The Morgan fingerprint density at radius 3 is 2.22 bits per heavy atom. The summed E-state index contributed by atoms with van der Waals surface area (Å²) in [7, 11) is 0. The molecule has 0 spiro atoms. The Morgan fingerprint density at radius 2 is 1.78 bits per heavy atom. The van der Waals surface area contributed by atoms with Crippen LogP contribution in [0.25, 0.3) is 0 Å². The number of carbonyl (C=O) groups is 1. The molecule has 1 rings (SSSR count). The topological polar surface area (TPSA) is 46.5 Å². The fourth-order valence-electron chi connectivity index (χ4n) is 0.994. The van der Waals surface area contributed by atoms with E-state index < -0.39 is 29.6 Å². The number of aliphatic carboxylic acids is 1. The zero-order chi connectivity index (χ0) is 14.1. The van der Waals surface area contributed by atoms with E-state index in [1.54, 1.807) is 0 Å². The number of carboxylic acids is 1. The van der Waals surface area contributed by atoms with Gasteiger partial charge >= 0.3 is 18.3 Å². The van der Waals surface area contributed by atoms with Gasteiger partial charge in [0.15, 0.2) is 0 Å². The number of hydrogen-bond acceptors (Lipinski definition) is 2. The Morgan fingerprint density at radius 1 is 1.22 bits per heavy atom. The average molecular weight is 335 g/mol. The van der Waals surface area contributed by atoms with E-state index in [0.717, 1.165) is 6.07 Å². The molecular formula is C9H4BrF5O3. The van der Waals surface area contributed by atoms with Gasteiger partial charge < -0.3 is 9.84 Å². The summed E-state index contributed by atoms with van der Waals surface area (Å²) in [5, 5.41) is 8.09. The zero-order valence-corrected chi connectivity index (χ0v) is 9.85. The van der Waals surface area contributed by atoms with Crippen molar-refractivity contribution in [3.05, 3.63) is 28.2 Å². The lowest BCUT2D eigenvalue weighted by atomic mass is 10.2. The van der Waals surface area contributed by atoms with Gasteiger partial charge in [0, 0.05) is 4.47 Å². The molecule has 0 aliphatic rings. The summed E-state index contributed by atoms with van der Waals surface area (Å²) >= 11 is 2.74. The van der Waals surface area contributed by atoms with Crippen molar-refractivity contribution >= 4 is 21.9 Å². The van der Waals surface area contributed by atoms with Crippen LogP contribution in [0.2, 0.25) is 0 Å². The largest absolute Gasteiger partial charge is 0.501 e. The van der Waals surface area contributed by atoms with E-state index in [9.17, 15) is 26.7 Å². The first-order valence-electron chi connectivity index (χ1n) is 4.21. The fraction of sp³-hybridized carbons (Fsp3) is 0.222. The number of carboxylic acid groups (broad SMARTS) is 1. The van der Waals surface area contributed by atoms with E-state index in [-0.39, 0.29) is 4.47 Å². The molecule has 0 amide bonds. The van der Waals surface area contributed by atoms with Gasteiger partial charge in [-0.2, -0.15) is 22.0 Å². The van der Waals surface area contributed by atoms with Crippen molar-refractivity contribution in [3.63, 3.8) is 0 Å². The maximum Gasteiger partial charge on any atom is 0.501 e. The summed E-state index contributed by atoms with van der Waals surface area (Å²) in [4.78, 5) is 10.1. The number of hydrogen-bond donors (Lipinski definition) is 1. The molecule has 1 N–H and O–H groups in total. The minimum atomic E-state index is -4.95. The van der Waals surface area contributed by atoms with Crippen molar-refractivity contribution in [1.82, 2.24) is 0 Å². The van der Waals surface area contributed by atoms with E-state index in [2.05, 4.69) is 20.7 Å². The first-order valence-corrected chi connectivity index (χ1v) is 5.00. The van der Waals surface area contributed by atoms with Crippen molar-refractivity contribution < 1.29 is 36.6 Å². The van der Waals surface area contributed by atoms with Crippen LogP contribution in [0, 0.1) is 0 Å². The molecule has 0 saturated heterocycles. The third-order valence-electron chi connectivity index (χ3n) is 1.73. The van der Waals surface area contributed by atoms with Gasteiger partial charge in [0.05, 0.1) is 5.56 Å². The lowest BCUT2D eigenvalue weighted by molar-refractivity contribution is -0.213.